The molecule has 10 nitrogen and oxygen atoms in total. The van der Waals surface area contributed by atoms with E-state index < -0.39 is 42.9 Å². The van der Waals surface area contributed by atoms with Crippen molar-refractivity contribution in [3.63, 3.8) is 0 Å². The lowest BCUT2D eigenvalue weighted by atomic mass is 9.84. The summed E-state index contributed by atoms with van der Waals surface area (Å²) in [5, 5.41) is 18.7. The summed E-state index contributed by atoms with van der Waals surface area (Å²) in [4.78, 5) is 47.0. The monoisotopic (exact) mass is 488 g/mol. The van der Waals surface area contributed by atoms with Crippen LogP contribution in [-0.2, 0) is 41.8 Å². The van der Waals surface area contributed by atoms with Gasteiger partial charge in [0.15, 0.2) is 0 Å². The van der Waals surface area contributed by atoms with Gasteiger partial charge in [0.05, 0.1) is 0 Å². The first kappa shape index (κ1) is 27.2. The fourth-order valence-corrected chi connectivity index (χ4v) is 3.07. The molecule has 10 heteroatoms. The third-order valence-corrected chi connectivity index (χ3v) is 5.08. The molecule has 0 heterocycles. The van der Waals surface area contributed by atoms with E-state index in [-0.39, 0.29) is 38.9 Å². The van der Waals surface area contributed by atoms with Crippen LogP contribution in [0.15, 0.2) is 60.7 Å². The number of carbonyl (C=O) groups excluding carboxylic acids is 2. The van der Waals surface area contributed by atoms with Gasteiger partial charge in [-0.3, -0.25) is 9.59 Å². The molecule has 0 aliphatic rings. The fourth-order valence-electron chi connectivity index (χ4n) is 3.07. The Kier molecular flexibility index (Phi) is 11.1. The SMILES string of the molecule is O=C(O)CCCCC(COC(=O)OCc1ccccc1)(COC(=O)OCc1ccccc1)C(=O)O. The number of benzene rings is 2. The number of hydrogen-bond donors (Lipinski definition) is 2. The molecule has 0 unspecified atom stereocenters. The van der Waals surface area contributed by atoms with Crippen molar-refractivity contribution in [2.24, 2.45) is 5.41 Å². The van der Waals surface area contributed by atoms with Gasteiger partial charge in [-0.1, -0.05) is 67.1 Å². The Labute approximate surface area is 202 Å². The van der Waals surface area contributed by atoms with Crippen molar-refractivity contribution in [1.82, 2.24) is 0 Å². The van der Waals surface area contributed by atoms with Gasteiger partial charge in [-0.2, -0.15) is 0 Å². The van der Waals surface area contributed by atoms with Crippen LogP contribution in [0.1, 0.15) is 36.8 Å². The van der Waals surface area contributed by atoms with Crippen LogP contribution in [0, 0.1) is 5.41 Å². The molecule has 0 aliphatic carbocycles. The molecule has 0 radical (unpaired) electrons. The molecule has 0 bridgehead atoms. The maximum Gasteiger partial charge on any atom is 0.508 e. The number of ether oxygens (including phenoxy) is 4. The highest BCUT2D eigenvalue weighted by Crippen LogP contribution is 2.28. The molecule has 0 saturated carbocycles. The molecule has 35 heavy (non-hydrogen) atoms. The van der Waals surface area contributed by atoms with Gasteiger partial charge < -0.3 is 29.2 Å². The van der Waals surface area contributed by atoms with Crippen LogP contribution in [-0.4, -0.2) is 47.7 Å². The predicted molar refractivity (Wildman–Crippen MR) is 121 cm³/mol. The van der Waals surface area contributed by atoms with E-state index in [0.717, 1.165) is 0 Å². The normalized spacial score (nSPS) is 10.7. The first-order chi connectivity index (χ1) is 16.8. The van der Waals surface area contributed by atoms with E-state index >= 15 is 0 Å². The molecule has 0 aromatic heterocycles. The summed E-state index contributed by atoms with van der Waals surface area (Å²) in [5.74, 6) is -2.40. The van der Waals surface area contributed by atoms with Crippen LogP contribution in [0.25, 0.3) is 0 Å². The lowest BCUT2D eigenvalue weighted by Gasteiger charge is -2.28. The van der Waals surface area contributed by atoms with Crippen LogP contribution in [0.2, 0.25) is 0 Å². The van der Waals surface area contributed by atoms with Crippen molar-refractivity contribution in [3.05, 3.63) is 71.8 Å². The summed E-state index contributed by atoms with van der Waals surface area (Å²) in [7, 11) is 0. The first-order valence-corrected chi connectivity index (χ1v) is 10.9. The van der Waals surface area contributed by atoms with E-state index in [4.69, 9.17) is 24.1 Å². The molecule has 0 amide bonds. The van der Waals surface area contributed by atoms with E-state index in [0.29, 0.717) is 11.1 Å². The van der Waals surface area contributed by atoms with E-state index in [1.54, 1.807) is 60.7 Å². The average Bonchev–Trinajstić information content (AvgIpc) is 2.86. The average molecular weight is 488 g/mol. The molecule has 0 atom stereocenters. The molecular formula is C25H28O10. The molecule has 188 valence electrons. The number of carbonyl (C=O) groups is 4. The van der Waals surface area contributed by atoms with Crippen LogP contribution < -0.4 is 0 Å². The van der Waals surface area contributed by atoms with E-state index in [1.807, 2.05) is 0 Å². The Morgan fingerprint density at radius 2 is 1.11 bits per heavy atom. The van der Waals surface area contributed by atoms with Gasteiger partial charge in [0.25, 0.3) is 0 Å². The standard InChI is InChI=1S/C25H28O10/c26-21(27)13-7-8-14-25(22(28)29,17-34-23(30)32-15-19-9-3-1-4-10-19)18-35-24(31)33-16-20-11-5-2-6-12-20/h1-6,9-12H,7-8,13-18H2,(H,26,27)(H,28,29). The molecule has 0 fully saturated rings. The van der Waals surface area contributed by atoms with Gasteiger partial charge in [0, 0.05) is 6.42 Å². The number of aliphatic carboxylic acids is 2. The van der Waals surface area contributed by atoms with Gasteiger partial charge in [0.1, 0.15) is 31.8 Å². The Bertz CT molecular complexity index is 899. The maximum atomic E-state index is 12.2. The molecule has 2 aromatic rings. The van der Waals surface area contributed by atoms with Crippen molar-refractivity contribution >= 4 is 24.2 Å². The highest BCUT2D eigenvalue weighted by molar-refractivity contribution is 5.76. The van der Waals surface area contributed by atoms with E-state index in [9.17, 15) is 24.3 Å². The maximum absolute atomic E-state index is 12.2. The van der Waals surface area contributed by atoms with Gasteiger partial charge >= 0.3 is 24.2 Å². The minimum atomic E-state index is -1.81. The zero-order valence-electron chi connectivity index (χ0n) is 19.1. The van der Waals surface area contributed by atoms with Crippen molar-refractivity contribution in [3.8, 4) is 0 Å². The minimum Gasteiger partial charge on any atom is -0.481 e. The second-order valence-electron chi connectivity index (χ2n) is 7.81. The molecule has 2 N–H and O–H groups in total. The van der Waals surface area contributed by atoms with Crippen molar-refractivity contribution in [2.45, 2.75) is 38.9 Å². The zero-order valence-corrected chi connectivity index (χ0v) is 19.1. The second kappa shape index (κ2) is 14.2. The number of unbranched alkanes of at least 4 members (excludes halogenated alkanes) is 1. The van der Waals surface area contributed by atoms with Crippen LogP contribution in [0.3, 0.4) is 0 Å². The van der Waals surface area contributed by atoms with Crippen LogP contribution >= 0.6 is 0 Å². The van der Waals surface area contributed by atoms with Gasteiger partial charge in [0.2, 0.25) is 0 Å². The Hall–Kier alpha value is -4.08. The molecule has 0 aliphatic heterocycles. The van der Waals surface area contributed by atoms with Crippen molar-refractivity contribution < 1.29 is 48.3 Å². The number of carboxylic acid groups (broad SMARTS) is 2. The Morgan fingerprint density at radius 3 is 1.51 bits per heavy atom. The zero-order chi connectivity index (χ0) is 25.5. The van der Waals surface area contributed by atoms with Gasteiger partial charge in [-0.25, -0.2) is 9.59 Å². The Balaban J connectivity index is 1.96. The summed E-state index contributed by atoms with van der Waals surface area (Å²) in [6.07, 6.45) is -2.05. The summed E-state index contributed by atoms with van der Waals surface area (Å²) in [6, 6.07) is 17.7. The topological polar surface area (TPSA) is 146 Å². The summed E-state index contributed by atoms with van der Waals surface area (Å²) in [5.41, 5.74) is -0.380. The van der Waals surface area contributed by atoms with Gasteiger partial charge in [-0.15, -0.1) is 0 Å². The summed E-state index contributed by atoms with van der Waals surface area (Å²) >= 11 is 0. The molecule has 0 spiro atoms. The predicted octanol–water partition coefficient (Wildman–Crippen LogP) is 4.41. The van der Waals surface area contributed by atoms with Crippen molar-refractivity contribution in [2.75, 3.05) is 13.2 Å². The first-order valence-electron chi connectivity index (χ1n) is 10.9. The summed E-state index contributed by atoms with van der Waals surface area (Å²) in [6.45, 7) is -1.43. The lowest BCUT2D eigenvalue weighted by molar-refractivity contribution is -0.156. The largest absolute Gasteiger partial charge is 0.508 e. The van der Waals surface area contributed by atoms with E-state index in [2.05, 4.69) is 0 Å². The third kappa shape index (κ3) is 10.2. The summed E-state index contributed by atoms with van der Waals surface area (Å²) < 4.78 is 20.1. The third-order valence-electron chi connectivity index (χ3n) is 5.08. The van der Waals surface area contributed by atoms with Crippen LogP contribution in [0.5, 0.6) is 0 Å². The number of rotatable bonds is 14. The molecule has 2 rings (SSSR count). The minimum absolute atomic E-state index is 0.0688. The molecular weight excluding hydrogens is 460 g/mol. The van der Waals surface area contributed by atoms with E-state index in [1.165, 1.54) is 0 Å². The lowest BCUT2D eigenvalue weighted by Crippen LogP contribution is -2.42. The van der Waals surface area contributed by atoms with Gasteiger partial charge in [-0.05, 0) is 24.0 Å². The fraction of sp³-hybridized carbons (Fsp3) is 0.360. The quantitative estimate of drug-likeness (QED) is 0.290. The molecule has 2 aromatic carbocycles. The smallest absolute Gasteiger partial charge is 0.481 e. The Morgan fingerprint density at radius 1 is 0.657 bits per heavy atom. The second-order valence-corrected chi connectivity index (χ2v) is 7.81. The number of hydrogen-bond acceptors (Lipinski definition) is 8. The molecule has 0 saturated heterocycles. The highest BCUT2D eigenvalue weighted by Gasteiger charge is 2.42. The number of carboxylic acids is 2. The highest BCUT2D eigenvalue weighted by atomic mass is 16.7. The van der Waals surface area contributed by atoms with Crippen LogP contribution in [0.4, 0.5) is 9.59 Å². The van der Waals surface area contributed by atoms with Crippen molar-refractivity contribution in [1.29, 1.82) is 0 Å².